The Hall–Kier alpha value is -2.53. The van der Waals surface area contributed by atoms with E-state index in [-0.39, 0.29) is 30.2 Å². The van der Waals surface area contributed by atoms with Gasteiger partial charge >= 0.3 is 23.6 Å². The van der Waals surface area contributed by atoms with E-state index in [4.69, 9.17) is 14.2 Å². The topological polar surface area (TPSA) is 99.2 Å². The summed E-state index contributed by atoms with van der Waals surface area (Å²) in [5, 5.41) is -1.87. The van der Waals surface area contributed by atoms with Gasteiger partial charge in [0.05, 0.1) is 11.5 Å². The van der Waals surface area contributed by atoms with Gasteiger partial charge in [-0.1, -0.05) is 24.8 Å². The van der Waals surface area contributed by atoms with Gasteiger partial charge in [-0.15, -0.1) is 0 Å². The number of sulfone groups is 1. The quantitative estimate of drug-likeness (QED) is 0.431. The highest BCUT2D eigenvalue weighted by Gasteiger charge is 2.89. The lowest BCUT2D eigenvalue weighted by Gasteiger charge is -2.45. The lowest BCUT2D eigenvalue weighted by molar-refractivity contribution is -0.218. The first-order valence-corrected chi connectivity index (χ1v) is 12.1. The summed E-state index contributed by atoms with van der Waals surface area (Å²) in [7, 11) is -4.38. The normalized spacial score (nSPS) is 30.2. The summed E-state index contributed by atoms with van der Waals surface area (Å²) in [4.78, 5) is 26.7. The summed E-state index contributed by atoms with van der Waals surface area (Å²) in [6.07, 6.45) is -3.51. The SMILES string of the molecule is C=C1[C@@H](S(=O)(=O)c2ccccc2)[C@H]2O[C@]1(C)[C@](OC(=O)N(CC)CC)(C(=O)OCC)C2(F)F. The Kier molecular flexibility index (Phi) is 6.35. The Morgan fingerprint density at radius 1 is 1.15 bits per heavy atom. The standard InChI is InChI=1S/C22H27F2NO7S/c1-6-25(7-2)19(27)32-21(18(26)30-8-3)20(5)14(4)16(17(31-20)22(21,23)24)33(28,29)15-12-10-9-11-13-15/h9-13,16-17H,4,6-8H2,1-3,5H3/t16-,17-,20+,21-/m1/s1. The molecule has 8 nitrogen and oxygen atoms in total. The molecule has 2 saturated heterocycles. The van der Waals surface area contributed by atoms with Crippen LogP contribution in [0.1, 0.15) is 27.7 Å². The fourth-order valence-corrected chi connectivity index (χ4v) is 6.47. The second-order valence-electron chi connectivity index (χ2n) is 7.94. The predicted molar refractivity (Wildman–Crippen MR) is 114 cm³/mol. The van der Waals surface area contributed by atoms with Crippen LogP contribution in [0.25, 0.3) is 0 Å². The molecule has 2 aliphatic heterocycles. The van der Waals surface area contributed by atoms with Crippen molar-refractivity contribution in [2.24, 2.45) is 0 Å². The highest BCUT2D eigenvalue weighted by atomic mass is 32.2. The fraction of sp³-hybridized carbons (Fsp3) is 0.545. The predicted octanol–water partition coefficient (Wildman–Crippen LogP) is 2.97. The van der Waals surface area contributed by atoms with Crippen molar-refractivity contribution < 1.29 is 41.0 Å². The van der Waals surface area contributed by atoms with E-state index in [0.29, 0.717) is 0 Å². The molecule has 182 valence electrons. The van der Waals surface area contributed by atoms with Gasteiger partial charge in [0, 0.05) is 13.1 Å². The number of hydrogen-bond acceptors (Lipinski definition) is 7. The number of ether oxygens (including phenoxy) is 3. The van der Waals surface area contributed by atoms with Crippen molar-refractivity contribution in [1.29, 1.82) is 0 Å². The molecule has 33 heavy (non-hydrogen) atoms. The van der Waals surface area contributed by atoms with E-state index in [1.54, 1.807) is 19.9 Å². The third-order valence-corrected chi connectivity index (χ3v) is 8.45. The molecular formula is C22H27F2NO7S. The van der Waals surface area contributed by atoms with Crippen LogP contribution in [0, 0.1) is 0 Å². The summed E-state index contributed by atoms with van der Waals surface area (Å²) < 4.78 is 74.3. The van der Waals surface area contributed by atoms with Gasteiger partial charge in [0.15, 0.2) is 9.84 Å². The molecule has 2 aliphatic rings. The zero-order valence-corrected chi connectivity index (χ0v) is 19.7. The molecular weight excluding hydrogens is 460 g/mol. The van der Waals surface area contributed by atoms with E-state index in [2.05, 4.69) is 6.58 Å². The van der Waals surface area contributed by atoms with Crippen molar-refractivity contribution in [3.8, 4) is 0 Å². The van der Waals surface area contributed by atoms with Crippen molar-refractivity contribution in [2.45, 2.75) is 61.1 Å². The highest BCUT2D eigenvalue weighted by molar-refractivity contribution is 7.92. The number of amides is 1. The van der Waals surface area contributed by atoms with Crippen LogP contribution in [0.5, 0.6) is 0 Å². The molecule has 0 spiro atoms. The van der Waals surface area contributed by atoms with Crippen molar-refractivity contribution in [2.75, 3.05) is 19.7 Å². The second kappa shape index (κ2) is 8.35. The van der Waals surface area contributed by atoms with Gasteiger partial charge in [0.25, 0.3) is 0 Å². The number of carbonyl (C=O) groups excluding carboxylic acids is 2. The molecule has 1 aromatic rings. The molecule has 2 fully saturated rings. The van der Waals surface area contributed by atoms with Crippen LogP contribution in [0.15, 0.2) is 47.4 Å². The average Bonchev–Trinajstić information content (AvgIpc) is 3.14. The van der Waals surface area contributed by atoms with E-state index >= 15 is 8.78 Å². The maximum atomic E-state index is 16.1. The molecule has 0 N–H and O–H groups in total. The van der Waals surface area contributed by atoms with Crippen molar-refractivity contribution >= 4 is 21.9 Å². The Morgan fingerprint density at radius 3 is 2.24 bits per heavy atom. The molecule has 0 radical (unpaired) electrons. The third kappa shape index (κ3) is 3.27. The van der Waals surface area contributed by atoms with Crippen molar-refractivity contribution in [3.05, 3.63) is 42.5 Å². The summed E-state index contributed by atoms with van der Waals surface area (Å²) >= 11 is 0. The largest absolute Gasteiger partial charge is 0.463 e. The minimum absolute atomic E-state index is 0.132. The van der Waals surface area contributed by atoms with E-state index in [9.17, 15) is 18.0 Å². The van der Waals surface area contributed by atoms with Gasteiger partial charge in [-0.05, 0) is 45.4 Å². The van der Waals surface area contributed by atoms with Crippen LogP contribution in [-0.4, -0.2) is 73.6 Å². The molecule has 0 unspecified atom stereocenters. The van der Waals surface area contributed by atoms with Gasteiger partial charge in [-0.2, -0.15) is 8.78 Å². The van der Waals surface area contributed by atoms with Crippen LogP contribution in [-0.2, 0) is 28.8 Å². The number of rotatable bonds is 7. The number of nitrogens with zero attached hydrogens (tertiary/aromatic N) is 1. The lowest BCUT2D eigenvalue weighted by Crippen LogP contribution is -2.72. The first-order valence-electron chi connectivity index (χ1n) is 10.6. The number of hydrogen-bond donors (Lipinski definition) is 0. The van der Waals surface area contributed by atoms with Crippen LogP contribution < -0.4 is 0 Å². The summed E-state index contributed by atoms with van der Waals surface area (Å²) in [5.41, 5.74) is -5.93. The Bertz CT molecular complexity index is 1060. The molecule has 4 atom stereocenters. The maximum absolute atomic E-state index is 16.1. The minimum Gasteiger partial charge on any atom is -0.463 e. The van der Waals surface area contributed by atoms with E-state index < -0.39 is 50.4 Å². The van der Waals surface area contributed by atoms with Gasteiger partial charge in [0.2, 0.25) is 0 Å². The monoisotopic (exact) mass is 487 g/mol. The van der Waals surface area contributed by atoms with Crippen LogP contribution in [0.3, 0.4) is 0 Å². The summed E-state index contributed by atoms with van der Waals surface area (Å²) in [6, 6.07) is 7.04. The molecule has 0 saturated carbocycles. The number of esters is 1. The van der Waals surface area contributed by atoms with Gasteiger partial charge in [0.1, 0.15) is 17.0 Å². The van der Waals surface area contributed by atoms with Gasteiger partial charge in [-0.25, -0.2) is 18.0 Å². The third-order valence-electron chi connectivity index (χ3n) is 6.32. The molecule has 2 heterocycles. The number of benzene rings is 1. The molecule has 1 amide bonds. The molecule has 3 rings (SSSR count). The number of fused-ring (bicyclic) bond motifs is 2. The zero-order chi connectivity index (χ0) is 24.8. The maximum Gasteiger partial charge on any atom is 0.411 e. The summed E-state index contributed by atoms with van der Waals surface area (Å²) in [6.45, 7) is 9.42. The fourth-order valence-electron chi connectivity index (χ4n) is 4.49. The number of halogens is 2. The first kappa shape index (κ1) is 25.1. The second-order valence-corrected chi connectivity index (χ2v) is 10.0. The van der Waals surface area contributed by atoms with Crippen molar-refractivity contribution in [1.82, 2.24) is 4.90 Å². The van der Waals surface area contributed by atoms with E-state index in [1.807, 2.05) is 0 Å². The highest BCUT2D eigenvalue weighted by Crippen LogP contribution is 2.64. The lowest BCUT2D eigenvalue weighted by atomic mass is 9.70. The smallest absolute Gasteiger partial charge is 0.411 e. The Balaban J connectivity index is 2.17. The summed E-state index contributed by atoms with van der Waals surface area (Å²) in [5.74, 6) is -5.78. The van der Waals surface area contributed by atoms with Gasteiger partial charge < -0.3 is 19.1 Å². The Labute approximate surface area is 191 Å². The van der Waals surface area contributed by atoms with E-state index in [0.717, 1.165) is 11.8 Å². The Morgan fingerprint density at radius 2 is 1.73 bits per heavy atom. The molecule has 0 aromatic heterocycles. The zero-order valence-electron chi connectivity index (χ0n) is 18.8. The number of carbonyl (C=O) groups is 2. The first-order chi connectivity index (χ1) is 15.4. The molecule has 0 aliphatic carbocycles. The number of alkyl halides is 2. The minimum atomic E-state index is -4.38. The van der Waals surface area contributed by atoms with Crippen LogP contribution in [0.2, 0.25) is 0 Å². The van der Waals surface area contributed by atoms with Crippen molar-refractivity contribution in [3.63, 3.8) is 0 Å². The molecule has 11 heteroatoms. The van der Waals surface area contributed by atoms with Crippen LogP contribution in [0.4, 0.5) is 13.6 Å². The van der Waals surface area contributed by atoms with Gasteiger partial charge in [-0.3, -0.25) is 0 Å². The van der Waals surface area contributed by atoms with E-state index in [1.165, 1.54) is 31.2 Å². The molecule has 1 aromatic carbocycles. The molecule has 2 bridgehead atoms. The average molecular weight is 488 g/mol. The van der Waals surface area contributed by atoms with Crippen LogP contribution >= 0.6 is 0 Å².